The van der Waals surface area contributed by atoms with Crippen LogP contribution in [0, 0.1) is 0 Å². The lowest BCUT2D eigenvalue weighted by atomic mass is 9.74. The number of fused-ring (bicyclic) bond motifs is 2. The number of pyridine rings is 1. The van der Waals surface area contributed by atoms with Crippen molar-refractivity contribution in [1.82, 2.24) is 20.1 Å². The lowest BCUT2D eigenvalue weighted by molar-refractivity contribution is -0.136. The van der Waals surface area contributed by atoms with Crippen LogP contribution in [-0.4, -0.2) is 89.6 Å². The number of amides is 5. The van der Waals surface area contributed by atoms with E-state index in [0.717, 1.165) is 59.9 Å². The molecule has 0 radical (unpaired) electrons. The van der Waals surface area contributed by atoms with Crippen LogP contribution in [0.2, 0.25) is 5.02 Å². The Labute approximate surface area is 289 Å². The van der Waals surface area contributed by atoms with Crippen molar-refractivity contribution in [3.8, 4) is 0 Å². The van der Waals surface area contributed by atoms with Gasteiger partial charge >= 0.3 is 0 Å². The third kappa shape index (κ3) is 5.82. The Balaban J connectivity index is 0.924. The standard InChI is InChI=1S/C36H38ClN7O5/c1-2-36(21-40-32-31(36)25(37)13-15-39-32)22-7-5-8-23(19-22)43-18-17-42(20-29(43)46)16-4-3-14-38-26-10-6-9-24-30(26)35(49)44(34(24)48)27-11-12-28(45)41-33(27)47/h5-10,13,15,19,27,38H,2-4,11-12,14,16-18,20-21H2,1H3,(H,39,40)(H,41,45,47). The van der Waals surface area contributed by atoms with Crippen LogP contribution in [-0.2, 0) is 19.8 Å². The van der Waals surface area contributed by atoms with E-state index in [4.69, 9.17) is 11.6 Å². The molecule has 254 valence electrons. The molecular formula is C36H38ClN7O5. The number of carbonyl (C=O) groups is 5. The van der Waals surface area contributed by atoms with E-state index in [0.29, 0.717) is 36.9 Å². The summed E-state index contributed by atoms with van der Waals surface area (Å²) in [5.74, 6) is -1.23. The van der Waals surface area contributed by atoms with Gasteiger partial charge in [-0.25, -0.2) is 4.98 Å². The maximum absolute atomic E-state index is 13.4. The van der Waals surface area contributed by atoms with E-state index < -0.39 is 29.7 Å². The van der Waals surface area contributed by atoms with Crippen molar-refractivity contribution in [2.75, 3.05) is 54.8 Å². The van der Waals surface area contributed by atoms with Gasteiger partial charge in [0.2, 0.25) is 17.7 Å². The van der Waals surface area contributed by atoms with Crippen LogP contribution in [0.1, 0.15) is 70.9 Å². The Kier molecular flexibility index (Phi) is 8.84. The van der Waals surface area contributed by atoms with Crippen LogP contribution in [0.3, 0.4) is 0 Å². The van der Waals surface area contributed by atoms with E-state index in [2.05, 4.69) is 44.9 Å². The molecule has 2 saturated heterocycles. The number of benzene rings is 2. The summed E-state index contributed by atoms with van der Waals surface area (Å²) in [5.41, 5.74) is 3.70. The molecule has 1 aromatic heterocycles. The minimum absolute atomic E-state index is 0.0558. The molecule has 2 fully saturated rings. The summed E-state index contributed by atoms with van der Waals surface area (Å²) in [6.45, 7) is 5.83. The number of unbranched alkanes of at least 4 members (excludes halogenated alkanes) is 1. The molecule has 2 atom stereocenters. The fourth-order valence-electron chi connectivity index (χ4n) is 7.61. The molecule has 0 spiro atoms. The highest BCUT2D eigenvalue weighted by atomic mass is 35.5. The van der Waals surface area contributed by atoms with Crippen LogP contribution in [0.25, 0.3) is 0 Å². The van der Waals surface area contributed by atoms with Gasteiger partial charge in [-0.2, -0.15) is 0 Å². The molecule has 13 heteroatoms. The highest BCUT2D eigenvalue weighted by molar-refractivity contribution is 6.32. The van der Waals surface area contributed by atoms with Crippen LogP contribution >= 0.6 is 11.6 Å². The molecule has 49 heavy (non-hydrogen) atoms. The van der Waals surface area contributed by atoms with Gasteiger partial charge in [0.1, 0.15) is 11.9 Å². The Morgan fingerprint density at radius 2 is 1.86 bits per heavy atom. The maximum Gasteiger partial charge on any atom is 0.264 e. The van der Waals surface area contributed by atoms with E-state index >= 15 is 0 Å². The molecule has 7 rings (SSSR count). The molecule has 2 aromatic carbocycles. The quantitative estimate of drug-likeness (QED) is 0.215. The van der Waals surface area contributed by atoms with Crippen LogP contribution in [0.4, 0.5) is 17.2 Å². The average molecular weight is 684 g/mol. The summed E-state index contributed by atoms with van der Waals surface area (Å²) < 4.78 is 0. The van der Waals surface area contributed by atoms with Crippen molar-refractivity contribution in [2.45, 2.75) is 50.5 Å². The molecule has 3 aromatic rings. The Morgan fingerprint density at radius 3 is 2.65 bits per heavy atom. The zero-order valence-corrected chi connectivity index (χ0v) is 28.0. The SMILES string of the molecule is CCC1(c2cccc(N3CCN(CCCCNc4cccc5c4C(=O)N(C4CCC(=O)NC4=O)C5=O)CC3=O)c2)CNc2nccc(Cl)c21. The van der Waals surface area contributed by atoms with E-state index in [1.54, 1.807) is 24.4 Å². The molecule has 4 aliphatic heterocycles. The summed E-state index contributed by atoms with van der Waals surface area (Å²) in [6, 6.07) is 14.1. The van der Waals surface area contributed by atoms with Crippen molar-refractivity contribution in [1.29, 1.82) is 0 Å². The summed E-state index contributed by atoms with van der Waals surface area (Å²) in [5, 5.41) is 9.63. The van der Waals surface area contributed by atoms with E-state index in [9.17, 15) is 24.0 Å². The lowest BCUT2D eigenvalue weighted by Gasteiger charge is -2.35. The Bertz CT molecular complexity index is 1870. The van der Waals surface area contributed by atoms with Gasteiger partial charge in [-0.05, 0) is 68.1 Å². The first kappa shape index (κ1) is 32.7. The molecule has 4 aliphatic rings. The van der Waals surface area contributed by atoms with Gasteiger partial charge in [0, 0.05) is 66.2 Å². The molecule has 5 amide bonds. The summed E-state index contributed by atoms with van der Waals surface area (Å²) in [4.78, 5) is 73.3. The number of hydrogen-bond acceptors (Lipinski definition) is 9. The topological polar surface area (TPSA) is 144 Å². The summed E-state index contributed by atoms with van der Waals surface area (Å²) in [6.07, 6.45) is 4.35. The van der Waals surface area contributed by atoms with Gasteiger partial charge in [0.15, 0.2) is 0 Å². The van der Waals surface area contributed by atoms with Crippen LogP contribution in [0.15, 0.2) is 54.7 Å². The Hall–Kier alpha value is -4.81. The fourth-order valence-corrected chi connectivity index (χ4v) is 7.93. The lowest BCUT2D eigenvalue weighted by Crippen LogP contribution is -2.54. The number of halogens is 1. The first-order chi connectivity index (χ1) is 23.7. The second-order valence-corrected chi connectivity index (χ2v) is 13.4. The first-order valence-electron chi connectivity index (χ1n) is 16.8. The molecule has 0 saturated carbocycles. The number of carbonyl (C=O) groups excluding carboxylic acids is 5. The highest BCUT2D eigenvalue weighted by Gasteiger charge is 2.46. The number of piperazine rings is 1. The third-order valence-electron chi connectivity index (χ3n) is 10.2. The number of piperidine rings is 1. The zero-order chi connectivity index (χ0) is 34.3. The number of aromatic nitrogens is 1. The van der Waals surface area contributed by atoms with E-state index in [1.165, 1.54) is 0 Å². The second kappa shape index (κ2) is 13.2. The van der Waals surface area contributed by atoms with E-state index in [1.807, 2.05) is 23.1 Å². The molecule has 2 unspecified atom stereocenters. The fraction of sp³-hybridized carbons (Fsp3) is 0.389. The monoisotopic (exact) mass is 683 g/mol. The predicted octanol–water partition coefficient (Wildman–Crippen LogP) is 3.80. The number of anilines is 3. The number of nitrogens with zero attached hydrogens (tertiary/aromatic N) is 4. The highest BCUT2D eigenvalue weighted by Crippen LogP contribution is 2.47. The third-order valence-corrected chi connectivity index (χ3v) is 10.5. The second-order valence-electron chi connectivity index (χ2n) is 13.0. The van der Waals surface area contributed by atoms with Gasteiger partial charge in [0.25, 0.3) is 11.8 Å². The van der Waals surface area contributed by atoms with Crippen LogP contribution < -0.4 is 20.9 Å². The average Bonchev–Trinajstić information content (AvgIpc) is 3.61. The zero-order valence-electron chi connectivity index (χ0n) is 27.3. The molecular weight excluding hydrogens is 646 g/mol. The maximum atomic E-state index is 13.4. The van der Waals surface area contributed by atoms with Crippen molar-refractivity contribution in [3.05, 3.63) is 82.0 Å². The predicted molar refractivity (Wildman–Crippen MR) is 185 cm³/mol. The van der Waals surface area contributed by atoms with Gasteiger partial charge in [-0.15, -0.1) is 0 Å². The van der Waals surface area contributed by atoms with Crippen LogP contribution in [0.5, 0.6) is 0 Å². The number of hydrogen-bond donors (Lipinski definition) is 3. The summed E-state index contributed by atoms with van der Waals surface area (Å²) >= 11 is 6.67. The Morgan fingerprint density at radius 1 is 1.02 bits per heavy atom. The van der Waals surface area contributed by atoms with Gasteiger partial charge in [-0.3, -0.25) is 39.1 Å². The van der Waals surface area contributed by atoms with E-state index in [-0.39, 0.29) is 35.3 Å². The molecule has 0 aliphatic carbocycles. The van der Waals surface area contributed by atoms with Gasteiger partial charge < -0.3 is 15.5 Å². The summed E-state index contributed by atoms with van der Waals surface area (Å²) in [7, 11) is 0. The molecule has 5 heterocycles. The number of rotatable bonds is 10. The van der Waals surface area contributed by atoms with Gasteiger partial charge in [0.05, 0.1) is 17.7 Å². The largest absolute Gasteiger partial charge is 0.384 e. The van der Waals surface area contributed by atoms with Crippen molar-refractivity contribution in [3.63, 3.8) is 0 Å². The van der Waals surface area contributed by atoms with Gasteiger partial charge in [-0.1, -0.05) is 36.7 Å². The smallest absolute Gasteiger partial charge is 0.264 e. The van der Waals surface area contributed by atoms with Crippen molar-refractivity contribution < 1.29 is 24.0 Å². The minimum Gasteiger partial charge on any atom is -0.384 e. The number of imide groups is 2. The van der Waals surface area contributed by atoms with Crippen molar-refractivity contribution in [2.24, 2.45) is 0 Å². The molecule has 12 nitrogen and oxygen atoms in total. The molecule has 0 bridgehead atoms. The number of nitrogens with one attached hydrogen (secondary N) is 3. The molecule has 3 N–H and O–H groups in total. The van der Waals surface area contributed by atoms with Crippen molar-refractivity contribution >= 4 is 58.3 Å². The minimum atomic E-state index is -1.00. The normalized spacial score (nSPS) is 22.2. The first-order valence-corrected chi connectivity index (χ1v) is 17.2.